The van der Waals surface area contributed by atoms with Gasteiger partial charge < -0.3 is 20.2 Å². The maximum absolute atomic E-state index is 10.5. The molecule has 0 aliphatic heterocycles. The number of aromatic nitrogens is 2. The van der Waals surface area contributed by atoms with E-state index in [1.807, 2.05) is 38.2 Å². The van der Waals surface area contributed by atoms with Crippen molar-refractivity contribution in [2.75, 3.05) is 24.7 Å². The number of nitriles is 1. The first-order valence-electron chi connectivity index (χ1n) is 8.42. The highest BCUT2D eigenvalue weighted by atomic mass is 16.5. The molecule has 0 unspecified atom stereocenters. The van der Waals surface area contributed by atoms with E-state index in [2.05, 4.69) is 15.3 Å². The average molecular weight is 367 g/mol. The molecule has 0 radical (unpaired) electrons. The molecule has 2 aromatic heterocycles. The highest BCUT2D eigenvalue weighted by molar-refractivity contribution is 5.77. The number of aldehydes is 1. The fourth-order valence-electron chi connectivity index (χ4n) is 2.26. The fourth-order valence-corrected chi connectivity index (χ4v) is 2.26. The second kappa shape index (κ2) is 9.20. The van der Waals surface area contributed by atoms with E-state index in [1.165, 1.54) is 6.07 Å². The van der Waals surface area contributed by atoms with E-state index < -0.39 is 0 Å². The van der Waals surface area contributed by atoms with E-state index in [-0.39, 0.29) is 22.8 Å². The number of hydrogen-bond acceptors (Lipinski definition) is 8. The number of pyridine rings is 1. The Morgan fingerprint density at radius 1 is 1.33 bits per heavy atom. The summed E-state index contributed by atoms with van der Waals surface area (Å²) in [5, 5.41) is 11.8. The van der Waals surface area contributed by atoms with Crippen LogP contribution in [0.1, 0.15) is 35.8 Å². The summed E-state index contributed by atoms with van der Waals surface area (Å²) in [7, 11) is 1.89. The summed E-state index contributed by atoms with van der Waals surface area (Å²) >= 11 is 0. The maximum atomic E-state index is 10.5. The predicted molar refractivity (Wildman–Crippen MR) is 103 cm³/mol. The van der Waals surface area contributed by atoms with Crippen molar-refractivity contribution in [1.82, 2.24) is 9.97 Å². The third-order valence-electron chi connectivity index (χ3n) is 3.57. The van der Waals surface area contributed by atoms with Gasteiger partial charge in [0, 0.05) is 19.2 Å². The molecule has 0 saturated carbocycles. The molecule has 1 aromatic carbocycles. The number of ether oxygens (including phenoxy) is 1. The molecule has 0 amide bonds. The minimum atomic E-state index is 0.108. The number of anilines is 2. The number of nitrogens with zero attached hydrogens (tertiary/aromatic N) is 3. The van der Waals surface area contributed by atoms with E-state index in [4.69, 9.17) is 20.1 Å². The van der Waals surface area contributed by atoms with Crippen molar-refractivity contribution in [1.29, 1.82) is 5.26 Å². The highest BCUT2D eigenvalue weighted by Crippen LogP contribution is 2.22. The van der Waals surface area contributed by atoms with E-state index in [0.29, 0.717) is 12.9 Å². The fraction of sp³-hybridized carbons (Fsp3) is 0.263. The molecule has 8 heteroatoms. The van der Waals surface area contributed by atoms with Crippen molar-refractivity contribution in [3.05, 3.63) is 41.4 Å². The van der Waals surface area contributed by atoms with Crippen LogP contribution in [0.2, 0.25) is 0 Å². The Morgan fingerprint density at radius 2 is 2.11 bits per heavy atom. The molecule has 0 atom stereocenters. The molecule has 140 valence electrons. The first-order chi connectivity index (χ1) is 13.1. The molecule has 2 heterocycles. The topological polar surface area (TPSA) is 127 Å². The molecule has 3 aromatic rings. The Balaban J connectivity index is 0.000000194. The standard InChI is InChI=1S/C10H12N2O.C9H9N3O2/c1-3-10-12-8-6-7(11-2)4-5-9(8)13-10;1-2-14-9-7(4-10)8(11)3-6(5-13)12-9/h4-6,11H,3H2,1-2H3;3,5H,2H2,1H3,(H2,11,12). The number of carbonyl (C=O) groups excluding carboxylic acids is 1. The summed E-state index contributed by atoms with van der Waals surface area (Å²) in [4.78, 5) is 18.6. The van der Waals surface area contributed by atoms with Crippen LogP contribution in [0, 0.1) is 11.3 Å². The van der Waals surface area contributed by atoms with Crippen molar-refractivity contribution < 1.29 is 13.9 Å². The number of oxazole rings is 1. The highest BCUT2D eigenvalue weighted by Gasteiger charge is 2.10. The summed E-state index contributed by atoms with van der Waals surface area (Å²) < 4.78 is 10.6. The second-order valence-corrected chi connectivity index (χ2v) is 5.37. The van der Waals surface area contributed by atoms with E-state index in [9.17, 15) is 4.79 Å². The quantitative estimate of drug-likeness (QED) is 0.658. The molecular weight excluding hydrogens is 346 g/mol. The Morgan fingerprint density at radius 3 is 2.70 bits per heavy atom. The number of rotatable bonds is 5. The van der Waals surface area contributed by atoms with E-state index >= 15 is 0 Å². The normalized spacial score (nSPS) is 9.85. The van der Waals surface area contributed by atoms with Crippen molar-refractivity contribution in [3.63, 3.8) is 0 Å². The lowest BCUT2D eigenvalue weighted by Gasteiger charge is -2.06. The second-order valence-electron chi connectivity index (χ2n) is 5.37. The summed E-state index contributed by atoms with van der Waals surface area (Å²) in [6.45, 7) is 4.15. The molecule has 27 heavy (non-hydrogen) atoms. The van der Waals surface area contributed by atoms with Crippen LogP contribution < -0.4 is 15.8 Å². The summed E-state index contributed by atoms with van der Waals surface area (Å²) in [5.74, 6) is 0.903. The smallest absolute Gasteiger partial charge is 0.234 e. The van der Waals surface area contributed by atoms with Gasteiger partial charge in [0.1, 0.15) is 22.8 Å². The third-order valence-corrected chi connectivity index (χ3v) is 3.57. The molecule has 3 N–H and O–H groups in total. The average Bonchev–Trinajstić information content (AvgIpc) is 3.10. The van der Waals surface area contributed by atoms with Gasteiger partial charge in [-0.15, -0.1) is 0 Å². The largest absolute Gasteiger partial charge is 0.477 e. The Labute approximate surface area is 157 Å². The molecule has 0 aliphatic carbocycles. The van der Waals surface area contributed by atoms with Gasteiger partial charge in [0.05, 0.1) is 12.3 Å². The number of nitrogens with two attached hydrogens (primary N) is 1. The number of carbonyl (C=O) groups is 1. The zero-order chi connectivity index (χ0) is 19.8. The van der Waals surface area contributed by atoms with Crippen molar-refractivity contribution in [2.24, 2.45) is 0 Å². The minimum Gasteiger partial charge on any atom is -0.477 e. The number of nitrogens with one attached hydrogen (secondary N) is 1. The zero-order valence-electron chi connectivity index (χ0n) is 15.4. The molecule has 0 fully saturated rings. The van der Waals surface area contributed by atoms with Gasteiger partial charge in [-0.2, -0.15) is 5.26 Å². The molecule has 0 bridgehead atoms. The predicted octanol–water partition coefficient (Wildman–Crippen LogP) is 3.18. The van der Waals surface area contributed by atoms with Crippen LogP contribution in [-0.4, -0.2) is 29.9 Å². The lowest BCUT2D eigenvalue weighted by Crippen LogP contribution is -2.03. The van der Waals surface area contributed by atoms with Gasteiger partial charge in [-0.05, 0) is 31.2 Å². The number of aryl methyl sites for hydroxylation is 1. The molecule has 3 rings (SSSR count). The van der Waals surface area contributed by atoms with Crippen LogP contribution in [0.15, 0.2) is 28.7 Å². The monoisotopic (exact) mass is 367 g/mol. The maximum Gasteiger partial charge on any atom is 0.234 e. The van der Waals surface area contributed by atoms with Crippen LogP contribution >= 0.6 is 0 Å². The van der Waals surface area contributed by atoms with Gasteiger partial charge in [-0.1, -0.05) is 6.92 Å². The van der Waals surface area contributed by atoms with Crippen LogP contribution in [-0.2, 0) is 6.42 Å². The van der Waals surface area contributed by atoms with Gasteiger partial charge in [-0.25, -0.2) is 9.97 Å². The number of fused-ring (bicyclic) bond motifs is 1. The summed E-state index contributed by atoms with van der Waals surface area (Å²) in [6, 6.07) is 9.11. The van der Waals surface area contributed by atoms with Gasteiger partial charge in [0.2, 0.25) is 5.88 Å². The van der Waals surface area contributed by atoms with Crippen molar-refractivity contribution in [2.45, 2.75) is 20.3 Å². The van der Waals surface area contributed by atoms with Gasteiger partial charge in [0.15, 0.2) is 17.8 Å². The molecule has 0 saturated heterocycles. The Hall–Kier alpha value is -3.60. The van der Waals surface area contributed by atoms with Crippen LogP contribution in [0.4, 0.5) is 11.4 Å². The van der Waals surface area contributed by atoms with Crippen LogP contribution in [0.3, 0.4) is 0 Å². The van der Waals surface area contributed by atoms with Gasteiger partial charge in [0.25, 0.3) is 0 Å². The summed E-state index contributed by atoms with van der Waals surface area (Å²) in [6.07, 6.45) is 1.39. The van der Waals surface area contributed by atoms with E-state index in [0.717, 1.165) is 29.1 Å². The first kappa shape index (κ1) is 19.7. The Kier molecular flexibility index (Phi) is 6.72. The van der Waals surface area contributed by atoms with Gasteiger partial charge >= 0.3 is 0 Å². The van der Waals surface area contributed by atoms with E-state index in [1.54, 1.807) is 6.92 Å². The first-order valence-corrected chi connectivity index (χ1v) is 8.42. The molecule has 0 aliphatic rings. The van der Waals surface area contributed by atoms with Crippen LogP contribution in [0.5, 0.6) is 5.88 Å². The lowest BCUT2D eigenvalue weighted by atomic mass is 10.2. The Bertz CT molecular complexity index is 973. The van der Waals surface area contributed by atoms with Crippen LogP contribution in [0.25, 0.3) is 11.1 Å². The lowest BCUT2D eigenvalue weighted by molar-refractivity contribution is 0.111. The van der Waals surface area contributed by atoms with Crippen molar-refractivity contribution >= 4 is 28.8 Å². The zero-order valence-corrected chi connectivity index (χ0v) is 15.4. The molecule has 0 spiro atoms. The number of nitrogen functional groups attached to an aromatic ring is 1. The van der Waals surface area contributed by atoms with Gasteiger partial charge in [-0.3, -0.25) is 4.79 Å². The third kappa shape index (κ3) is 4.73. The molecule has 8 nitrogen and oxygen atoms in total. The van der Waals surface area contributed by atoms with Crippen molar-refractivity contribution in [3.8, 4) is 11.9 Å². The number of benzene rings is 1. The SMILES string of the molecule is CCOc1nc(C=O)cc(N)c1C#N.CCc1nc2cc(NC)ccc2o1. The minimum absolute atomic E-state index is 0.108. The number of hydrogen-bond donors (Lipinski definition) is 2. The summed E-state index contributed by atoms with van der Waals surface area (Å²) in [5.41, 5.74) is 8.90. The molecular formula is C19H21N5O3.